The highest BCUT2D eigenvalue weighted by Crippen LogP contribution is 2.43. The highest BCUT2D eigenvalue weighted by atomic mass is 32.2. The molecule has 1 aromatic carbocycles. The Morgan fingerprint density at radius 3 is 2.71 bits per heavy atom. The summed E-state index contributed by atoms with van der Waals surface area (Å²) in [5.41, 5.74) is 0.948. The van der Waals surface area contributed by atoms with E-state index in [4.69, 9.17) is 9.73 Å². The highest BCUT2D eigenvalue weighted by Gasteiger charge is 2.59. The molecule has 5 rings (SSSR count). The molecule has 2 N–H and O–H groups in total. The van der Waals surface area contributed by atoms with Gasteiger partial charge in [0.05, 0.1) is 30.9 Å². The Labute approximate surface area is 244 Å². The van der Waals surface area contributed by atoms with E-state index in [1.165, 1.54) is 28.4 Å². The fourth-order valence-electron chi connectivity index (χ4n) is 5.61. The van der Waals surface area contributed by atoms with Gasteiger partial charge >= 0.3 is 12.0 Å². The van der Waals surface area contributed by atoms with Crippen LogP contribution in [-0.2, 0) is 19.6 Å². The highest BCUT2D eigenvalue weighted by molar-refractivity contribution is 7.89. The van der Waals surface area contributed by atoms with Crippen molar-refractivity contribution in [3.63, 3.8) is 0 Å². The van der Waals surface area contributed by atoms with E-state index >= 15 is 8.78 Å². The molecule has 2 amide bonds. The summed E-state index contributed by atoms with van der Waals surface area (Å²) in [5, 5.41) is 5.31. The molecule has 0 bridgehead atoms. The van der Waals surface area contributed by atoms with Gasteiger partial charge in [-0.05, 0) is 31.0 Å². The Morgan fingerprint density at radius 2 is 2.05 bits per heavy atom. The summed E-state index contributed by atoms with van der Waals surface area (Å²) < 4.78 is 75.5. The number of amides is 2. The third kappa shape index (κ3) is 5.87. The van der Waals surface area contributed by atoms with Crippen LogP contribution in [0.2, 0.25) is 0 Å². The van der Waals surface area contributed by atoms with E-state index in [0.29, 0.717) is 10.6 Å². The number of ether oxygens (including phenoxy) is 1. The van der Waals surface area contributed by atoms with E-state index in [2.05, 4.69) is 10.3 Å². The summed E-state index contributed by atoms with van der Waals surface area (Å²) in [5.74, 6) is -5.41. The van der Waals surface area contributed by atoms with Crippen LogP contribution in [0.25, 0.3) is 0 Å². The number of hydrogen-bond acceptors (Lipinski definition) is 10. The summed E-state index contributed by atoms with van der Waals surface area (Å²) in [7, 11) is -3.89. The van der Waals surface area contributed by atoms with Crippen molar-refractivity contribution in [3.05, 3.63) is 63.0 Å². The van der Waals surface area contributed by atoms with Crippen LogP contribution < -0.4 is 10.0 Å². The first-order valence-electron chi connectivity index (χ1n) is 13.1. The predicted octanol–water partition coefficient (Wildman–Crippen LogP) is 2.42. The standard InChI is InChI=1S/C26H29F3N6O5S2/c1-4-40-24(36)20-18(11-35-13-26(28,29)16-10-34(12-19(16)35)25(37)33-42(3,38)39)31-22(23-30-8-9-41-23)32-21(20)15-6-5-7-17(27)14(15)2/h5-9,16,19,21H,4,10-13H2,1-3H3,(H,31,32)(H,33,37). The number of fused-ring (bicyclic) bond motifs is 1. The van der Waals surface area contributed by atoms with E-state index in [1.54, 1.807) is 31.5 Å². The van der Waals surface area contributed by atoms with Gasteiger partial charge in [0.2, 0.25) is 10.0 Å². The number of halogens is 3. The number of aromatic nitrogens is 1. The number of likely N-dealkylation sites (tertiary alicyclic amines) is 2. The molecule has 42 heavy (non-hydrogen) atoms. The largest absolute Gasteiger partial charge is 0.463 e. The second kappa shape index (κ2) is 11.3. The predicted molar refractivity (Wildman–Crippen MR) is 148 cm³/mol. The van der Waals surface area contributed by atoms with Crippen molar-refractivity contribution in [3.8, 4) is 0 Å². The van der Waals surface area contributed by atoms with E-state index in [0.717, 1.165) is 11.2 Å². The van der Waals surface area contributed by atoms with Crippen molar-refractivity contribution in [1.82, 2.24) is 24.8 Å². The minimum atomic E-state index is -3.89. The number of amidine groups is 1. The van der Waals surface area contributed by atoms with Gasteiger partial charge < -0.3 is 15.0 Å². The molecule has 16 heteroatoms. The summed E-state index contributed by atoms with van der Waals surface area (Å²) in [6, 6.07) is 1.60. The molecule has 3 aliphatic rings. The second-order valence-corrected chi connectivity index (χ2v) is 13.0. The number of carbonyl (C=O) groups is 2. The summed E-state index contributed by atoms with van der Waals surface area (Å²) >= 11 is 1.27. The molecule has 0 radical (unpaired) electrons. The zero-order valence-corrected chi connectivity index (χ0v) is 24.6. The SMILES string of the molecule is CCOC(=O)C1=C(CN2CC(F)(F)C3CN(C(=O)NS(C)(=O)=O)CC32)NC(c2nccs2)=NC1c1cccc(F)c1C. The molecule has 2 saturated heterocycles. The Kier molecular flexibility index (Phi) is 8.06. The smallest absolute Gasteiger partial charge is 0.338 e. The van der Waals surface area contributed by atoms with Crippen molar-refractivity contribution in [2.45, 2.75) is 31.9 Å². The van der Waals surface area contributed by atoms with Gasteiger partial charge in [-0.2, -0.15) is 0 Å². The third-order valence-corrected chi connectivity index (χ3v) is 8.82. The topological polar surface area (TPSA) is 133 Å². The van der Waals surface area contributed by atoms with E-state index < -0.39 is 58.3 Å². The average Bonchev–Trinajstić information content (AvgIpc) is 3.63. The minimum Gasteiger partial charge on any atom is -0.463 e. The molecular formula is C26H29F3N6O5S2. The van der Waals surface area contributed by atoms with Crippen LogP contribution in [0.15, 0.2) is 46.0 Å². The Balaban J connectivity index is 1.55. The lowest BCUT2D eigenvalue weighted by Crippen LogP contribution is -2.46. The molecule has 0 saturated carbocycles. The molecule has 0 spiro atoms. The fraction of sp³-hybridized carbons (Fsp3) is 0.462. The quantitative estimate of drug-likeness (QED) is 0.448. The third-order valence-electron chi connectivity index (χ3n) is 7.50. The van der Waals surface area contributed by atoms with Crippen LogP contribution >= 0.6 is 11.3 Å². The number of rotatable bonds is 7. The first kappa shape index (κ1) is 30.0. The number of nitrogens with one attached hydrogen (secondary N) is 2. The van der Waals surface area contributed by atoms with Crippen molar-refractivity contribution in [1.29, 1.82) is 0 Å². The van der Waals surface area contributed by atoms with Gasteiger partial charge in [-0.25, -0.2) is 40.9 Å². The molecule has 3 aliphatic heterocycles. The summed E-state index contributed by atoms with van der Waals surface area (Å²) in [4.78, 5) is 37.4. The first-order valence-corrected chi connectivity index (χ1v) is 15.8. The number of benzene rings is 1. The zero-order chi connectivity index (χ0) is 30.4. The Bertz CT molecular complexity index is 1560. The molecule has 1 aromatic heterocycles. The monoisotopic (exact) mass is 626 g/mol. The van der Waals surface area contributed by atoms with Crippen LogP contribution in [0.1, 0.15) is 29.1 Å². The lowest BCUT2D eigenvalue weighted by Gasteiger charge is -2.31. The van der Waals surface area contributed by atoms with Crippen molar-refractivity contribution in [2.24, 2.45) is 10.9 Å². The number of alkyl halides is 2. The number of nitrogens with zero attached hydrogens (tertiary/aromatic N) is 4. The molecule has 226 valence electrons. The van der Waals surface area contributed by atoms with Crippen LogP contribution in [0.5, 0.6) is 0 Å². The van der Waals surface area contributed by atoms with Crippen LogP contribution in [0.3, 0.4) is 0 Å². The van der Waals surface area contributed by atoms with Gasteiger partial charge in [0.1, 0.15) is 11.9 Å². The van der Waals surface area contributed by atoms with Gasteiger partial charge in [0.25, 0.3) is 5.92 Å². The van der Waals surface area contributed by atoms with Crippen molar-refractivity contribution < 1.29 is 35.9 Å². The average molecular weight is 627 g/mol. The van der Waals surface area contributed by atoms with Gasteiger partial charge in [-0.3, -0.25) is 9.89 Å². The molecule has 4 heterocycles. The number of aliphatic imine (C=N–C) groups is 1. The van der Waals surface area contributed by atoms with Crippen LogP contribution in [0, 0.1) is 18.7 Å². The number of urea groups is 1. The van der Waals surface area contributed by atoms with Gasteiger partial charge in [0.15, 0.2) is 10.8 Å². The molecular weight excluding hydrogens is 597 g/mol. The molecule has 2 aromatic rings. The van der Waals surface area contributed by atoms with Gasteiger partial charge in [-0.15, -0.1) is 11.3 Å². The van der Waals surface area contributed by atoms with Crippen LogP contribution in [-0.4, -0.2) is 92.0 Å². The van der Waals surface area contributed by atoms with Crippen molar-refractivity contribution in [2.75, 3.05) is 39.0 Å². The first-order chi connectivity index (χ1) is 19.8. The Morgan fingerprint density at radius 1 is 1.29 bits per heavy atom. The van der Waals surface area contributed by atoms with E-state index in [1.807, 2.05) is 4.72 Å². The normalized spacial score (nSPS) is 23.8. The van der Waals surface area contributed by atoms with Gasteiger partial charge in [-0.1, -0.05) is 12.1 Å². The van der Waals surface area contributed by atoms with Crippen LogP contribution in [0.4, 0.5) is 18.0 Å². The Hall–Kier alpha value is -3.50. The number of sulfonamides is 1. The molecule has 0 aliphatic carbocycles. The lowest BCUT2D eigenvalue weighted by molar-refractivity contribution is -0.139. The van der Waals surface area contributed by atoms with E-state index in [9.17, 15) is 22.4 Å². The molecule has 3 atom stereocenters. The maximum Gasteiger partial charge on any atom is 0.338 e. The number of carbonyl (C=O) groups excluding carboxylic acids is 2. The lowest BCUT2D eigenvalue weighted by atomic mass is 9.92. The molecule has 11 nitrogen and oxygen atoms in total. The number of esters is 1. The molecule has 2 fully saturated rings. The van der Waals surface area contributed by atoms with E-state index in [-0.39, 0.29) is 48.9 Å². The number of thiazole rings is 1. The summed E-state index contributed by atoms with van der Waals surface area (Å²) in [6.45, 7) is 1.90. The van der Waals surface area contributed by atoms with Crippen molar-refractivity contribution >= 4 is 39.2 Å². The fourth-order valence-corrected chi connectivity index (χ4v) is 6.64. The maximum atomic E-state index is 15.3. The number of hydrogen-bond donors (Lipinski definition) is 2. The minimum absolute atomic E-state index is 0.0322. The zero-order valence-electron chi connectivity index (χ0n) is 22.9. The maximum absolute atomic E-state index is 15.3. The molecule has 3 unspecified atom stereocenters. The van der Waals surface area contributed by atoms with Gasteiger partial charge in [0, 0.05) is 43.0 Å². The summed E-state index contributed by atoms with van der Waals surface area (Å²) in [6.07, 6.45) is 2.37. The second-order valence-electron chi connectivity index (χ2n) is 10.3.